The van der Waals surface area contributed by atoms with Gasteiger partial charge in [-0.25, -0.2) is 8.78 Å². The molecule has 4 aromatic carbocycles. The first-order valence-electron chi connectivity index (χ1n) is 10.1. The van der Waals surface area contributed by atoms with Crippen LogP contribution in [-0.2, 0) is 24.9 Å². The molecule has 0 saturated carbocycles. The molecule has 0 aliphatic carbocycles. The van der Waals surface area contributed by atoms with Crippen LogP contribution in [0.15, 0.2) is 84.9 Å². The van der Waals surface area contributed by atoms with Crippen molar-refractivity contribution in [3.05, 3.63) is 96.1 Å². The standard InChI is InChI=1S/2C13H11FO2.O2S/c2*14-8-10-7-12(16)5-6-13(10)9-1-3-11(15)4-2-9;1-3-2/h2*1-7,15-16H,8H2;. The molecule has 0 fully saturated rings. The summed E-state index contributed by atoms with van der Waals surface area (Å²) >= 11 is -0.750. The maximum absolute atomic E-state index is 12.8. The van der Waals surface area contributed by atoms with Gasteiger partial charge in [0.15, 0.2) is 0 Å². The van der Waals surface area contributed by atoms with Crippen LogP contribution in [-0.4, -0.2) is 28.8 Å². The largest absolute Gasteiger partial charge is 0.508 e. The van der Waals surface area contributed by atoms with Gasteiger partial charge < -0.3 is 20.4 Å². The Morgan fingerprint density at radius 3 is 1.09 bits per heavy atom. The van der Waals surface area contributed by atoms with Crippen LogP contribution in [0.2, 0.25) is 0 Å². The fraction of sp³-hybridized carbons (Fsp3) is 0.0769. The van der Waals surface area contributed by atoms with Crippen molar-refractivity contribution in [1.29, 1.82) is 0 Å². The number of hydrogen-bond acceptors (Lipinski definition) is 6. The lowest BCUT2D eigenvalue weighted by molar-refractivity contribution is 0.463. The number of hydrogen-bond donors (Lipinski definition) is 4. The van der Waals surface area contributed by atoms with Gasteiger partial charge in [0.25, 0.3) is 0 Å². The highest BCUT2D eigenvalue weighted by Gasteiger charge is 2.07. The molecule has 0 heterocycles. The molecule has 0 spiro atoms. The lowest BCUT2D eigenvalue weighted by Crippen LogP contribution is -1.86. The second kappa shape index (κ2) is 13.5. The van der Waals surface area contributed by atoms with Crippen LogP contribution in [0.3, 0.4) is 0 Å². The zero-order valence-corrected chi connectivity index (χ0v) is 19.1. The Labute approximate surface area is 204 Å². The fourth-order valence-corrected chi connectivity index (χ4v) is 3.23. The van der Waals surface area contributed by atoms with Crippen LogP contribution in [0.5, 0.6) is 23.0 Å². The van der Waals surface area contributed by atoms with Gasteiger partial charge in [0.05, 0.1) is 0 Å². The number of rotatable bonds is 4. The van der Waals surface area contributed by atoms with Crippen molar-refractivity contribution in [1.82, 2.24) is 0 Å². The molecule has 0 amide bonds. The maximum Gasteiger partial charge on any atom is 0.335 e. The molecule has 4 rings (SSSR count). The highest BCUT2D eigenvalue weighted by molar-refractivity contribution is 7.51. The number of alkyl halides is 2. The first kappa shape index (κ1) is 27.0. The molecule has 0 aliphatic heterocycles. The minimum atomic E-state index is -0.750. The topological polar surface area (TPSA) is 115 Å². The van der Waals surface area contributed by atoms with E-state index < -0.39 is 24.9 Å². The van der Waals surface area contributed by atoms with Crippen LogP contribution >= 0.6 is 0 Å². The summed E-state index contributed by atoms with van der Waals surface area (Å²) in [5, 5.41) is 36.8. The monoisotopic (exact) mass is 500 g/mol. The molecule has 4 N–H and O–H groups in total. The Kier molecular flexibility index (Phi) is 10.4. The number of phenols is 4. The Bertz CT molecular complexity index is 1180. The molecule has 182 valence electrons. The van der Waals surface area contributed by atoms with Crippen molar-refractivity contribution in [2.75, 3.05) is 0 Å². The Morgan fingerprint density at radius 1 is 0.514 bits per heavy atom. The third-order valence-electron chi connectivity index (χ3n) is 4.82. The number of halogens is 2. The van der Waals surface area contributed by atoms with Gasteiger partial charge in [0.2, 0.25) is 0 Å². The summed E-state index contributed by atoms with van der Waals surface area (Å²) in [5.74, 6) is 0.444. The summed E-state index contributed by atoms with van der Waals surface area (Å²) in [6, 6.07) is 22.2. The Balaban J connectivity index is 0.000000222. The third kappa shape index (κ3) is 7.94. The van der Waals surface area contributed by atoms with E-state index in [1.165, 1.54) is 24.3 Å². The van der Waals surface area contributed by atoms with Crippen LogP contribution in [0.25, 0.3) is 22.3 Å². The van der Waals surface area contributed by atoms with E-state index in [1.54, 1.807) is 60.7 Å². The van der Waals surface area contributed by atoms with Gasteiger partial charge in [-0.05, 0) is 81.9 Å². The first-order chi connectivity index (χ1) is 16.8. The smallest absolute Gasteiger partial charge is 0.335 e. The van der Waals surface area contributed by atoms with E-state index in [-0.39, 0.29) is 23.0 Å². The van der Waals surface area contributed by atoms with Gasteiger partial charge in [0.1, 0.15) is 36.3 Å². The van der Waals surface area contributed by atoms with Gasteiger partial charge in [-0.15, -0.1) is 0 Å². The van der Waals surface area contributed by atoms with Crippen LogP contribution < -0.4 is 0 Å². The molecule has 4 aromatic rings. The fourth-order valence-electron chi connectivity index (χ4n) is 3.23. The highest BCUT2D eigenvalue weighted by atomic mass is 32.1. The van der Waals surface area contributed by atoms with E-state index in [0.717, 1.165) is 22.3 Å². The zero-order valence-electron chi connectivity index (χ0n) is 18.3. The molecule has 0 radical (unpaired) electrons. The van der Waals surface area contributed by atoms with Crippen LogP contribution in [0.1, 0.15) is 11.1 Å². The average molecular weight is 501 g/mol. The second-order valence-corrected chi connectivity index (χ2v) is 7.25. The van der Waals surface area contributed by atoms with Gasteiger partial charge in [0, 0.05) is 0 Å². The van der Waals surface area contributed by atoms with Crippen LogP contribution in [0, 0.1) is 0 Å². The summed E-state index contributed by atoms with van der Waals surface area (Å²) in [4.78, 5) is 0. The Morgan fingerprint density at radius 2 is 0.800 bits per heavy atom. The molecule has 0 atom stereocenters. The predicted molar refractivity (Wildman–Crippen MR) is 129 cm³/mol. The highest BCUT2D eigenvalue weighted by Crippen LogP contribution is 2.30. The number of phenolic OH excluding ortho intramolecular Hbond substituents is 4. The van der Waals surface area contributed by atoms with Crippen molar-refractivity contribution in [2.45, 2.75) is 13.3 Å². The molecule has 0 bridgehead atoms. The van der Waals surface area contributed by atoms with E-state index in [2.05, 4.69) is 0 Å². The summed E-state index contributed by atoms with van der Waals surface area (Å²) in [7, 11) is 0. The van der Waals surface area contributed by atoms with E-state index >= 15 is 0 Å². The average Bonchev–Trinajstić information content (AvgIpc) is 2.86. The van der Waals surface area contributed by atoms with Crippen LogP contribution in [0.4, 0.5) is 8.78 Å². The van der Waals surface area contributed by atoms with E-state index in [0.29, 0.717) is 11.1 Å². The van der Waals surface area contributed by atoms with Crippen molar-refractivity contribution < 1.29 is 37.6 Å². The molecule has 6 nitrogen and oxygen atoms in total. The Hall–Kier alpha value is -4.24. The molecule has 0 aromatic heterocycles. The molecular weight excluding hydrogens is 478 g/mol. The maximum atomic E-state index is 12.8. The summed E-state index contributed by atoms with van der Waals surface area (Å²) in [5.41, 5.74) is 3.94. The normalized spacial score (nSPS) is 9.77. The lowest BCUT2D eigenvalue weighted by atomic mass is 10.00. The molecule has 9 heteroatoms. The van der Waals surface area contributed by atoms with E-state index in [9.17, 15) is 19.0 Å². The van der Waals surface area contributed by atoms with Gasteiger partial charge in [-0.3, -0.25) is 0 Å². The third-order valence-corrected chi connectivity index (χ3v) is 4.82. The van der Waals surface area contributed by atoms with Crippen molar-refractivity contribution >= 4 is 11.6 Å². The molecule has 0 unspecified atom stereocenters. The zero-order chi connectivity index (χ0) is 25.8. The first-order valence-corrected chi connectivity index (χ1v) is 10.8. The summed E-state index contributed by atoms with van der Waals surface area (Å²) in [6.45, 7) is -1.27. The lowest BCUT2D eigenvalue weighted by Gasteiger charge is -2.07. The molecule has 0 saturated heterocycles. The summed E-state index contributed by atoms with van der Waals surface area (Å²) in [6.07, 6.45) is 0. The minimum absolute atomic E-state index is 0.0511. The van der Waals surface area contributed by atoms with Gasteiger partial charge >= 0.3 is 11.6 Å². The van der Waals surface area contributed by atoms with Crippen molar-refractivity contribution in [2.24, 2.45) is 0 Å². The molecule has 35 heavy (non-hydrogen) atoms. The molecule has 0 aliphatic rings. The quantitative estimate of drug-likeness (QED) is 0.282. The number of aromatic hydroxyl groups is 4. The van der Waals surface area contributed by atoms with Crippen molar-refractivity contribution in [3.63, 3.8) is 0 Å². The van der Waals surface area contributed by atoms with Gasteiger partial charge in [-0.1, -0.05) is 36.4 Å². The number of benzene rings is 4. The minimum Gasteiger partial charge on any atom is -0.508 e. The predicted octanol–water partition coefficient (Wildman–Crippen LogP) is 5.80. The van der Waals surface area contributed by atoms with E-state index in [1.807, 2.05) is 0 Å². The molecular formula is C26H22F2O6S. The van der Waals surface area contributed by atoms with Gasteiger partial charge in [-0.2, -0.15) is 8.42 Å². The summed E-state index contributed by atoms with van der Waals surface area (Å²) < 4.78 is 42.1. The second-order valence-electron chi connectivity index (χ2n) is 7.11. The van der Waals surface area contributed by atoms with Crippen molar-refractivity contribution in [3.8, 4) is 45.3 Å². The van der Waals surface area contributed by atoms with E-state index in [4.69, 9.17) is 18.6 Å². The SMILES string of the molecule is O=S=O.Oc1ccc(-c2ccc(O)cc2CF)cc1.Oc1ccc(-c2ccc(O)cc2CF)cc1.